The van der Waals surface area contributed by atoms with E-state index in [-0.39, 0.29) is 35.4 Å². The number of nitrogens with zero attached hydrogens (tertiary/aromatic N) is 1. The smallest absolute Gasteiger partial charge is 0.241 e. The van der Waals surface area contributed by atoms with E-state index in [9.17, 15) is 14.4 Å². The van der Waals surface area contributed by atoms with Crippen molar-refractivity contribution in [2.24, 2.45) is 11.5 Å². The van der Waals surface area contributed by atoms with Gasteiger partial charge in [-0.15, -0.1) is 0 Å². The third-order valence-electron chi connectivity index (χ3n) is 5.03. The molecule has 0 saturated heterocycles. The van der Waals surface area contributed by atoms with Crippen molar-refractivity contribution in [3.05, 3.63) is 83.4 Å². The Morgan fingerprint density at radius 3 is 2.48 bits per heavy atom. The molecule has 2 unspecified atom stereocenters. The number of ketones is 1. The maximum atomic E-state index is 13.3. The predicted molar refractivity (Wildman–Crippen MR) is 126 cm³/mol. The second-order valence-electron chi connectivity index (χ2n) is 7.89. The standard InChI is InChI=1S/C24H28N6O3/c1-15(25)12-28-20(11-18-13-27-14-29-18)24(33)30-22-17(10-21(26)31)8-5-9-19(22)23(32)16-6-3-2-4-7-16/h2-9,13-15,20,28H,10-12,25H2,1H3,(H2,26,31)(H,27,29)(H,30,33). The topological polar surface area (TPSA) is 156 Å². The number of nitrogens with one attached hydrogen (secondary N) is 3. The molecule has 0 aliphatic rings. The number of hydrogen-bond acceptors (Lipinski definition) is 6. The first-order chi connectivity index (χ1) is 15.8. The van der Waals surface area contributed by atoms with Crippen molar-refractivity contribution >= 4 is 23.3 Å². The van der Waals surface area contributed by atoms with Gasteiger partial charge in [-0.05, 0) is 18.6 Å². The van der Waals surface area contributed by atoms with Crippen LogP contribution in [0.3, 0.4) is 0 Å². The number of H-pyrrole nitrogens is 1. The number of para-hydroxylation sites is 1. The average molecular weight is 449 g/mol. The number of nitrogens with two attached hydrogens (primary N) is 2. The Morgan fingerprint density at radius 2 is 1.85 bits per heavy atom. The van der Waals surface area contributed by atoms with E-state index in [0.29, 0.717) is 24.1 Å². The van der Waals surface area contributed by atoms with Crippen molar-refractivity contribution in [1.82, 2.24) is 15.3 Å². The summed E-state index contributed by atoms with van der Waals surface area (Å²) in [5.41, 5.74) is 13.5. The van der Waals surface area contributed by atoms with Crippen LogP contribution in [0.1, 0.15) is 34.1 Å². The van der Waals surface area contributed by atoms with E-state index in [1.54, 1.807) is 48.7 Å². The molecule has 3 rings (SSSR count). The zero-order chi connectivity index (χ0) is 23.8. The molecule has 7 N–H and O–H groups in total. The van der Waals surface area contributed by atoms with Crippen molar-refractivity contribution in [3.8, 4) is 0 Å². The monoisotopic (exact) mass is 448 g/mol. The van der Waals surface area contributed by atoms with Gasteiger partial charge in [0.25, 0.3) is 0 Å². The number of anilines is 1. The molecule has 0 saturated carbocycles. The number of benzene rings is 2. The Bertz CT molecular complexity index is 1100. The summed E-state index contributed by atoms with van der Waals surface area (Å²) in [6, 6.07) is 12.9. The summed E-state index contributed by atoms with van der Waals surface area (Å²) < 4.78 is 0. The third kappa shape index (κ3) is 6.58. The van der Waals surface area contributed by atoms with Gasteiger partial charge in [-0.3, -0.25) is 14.4 Å². The first kappa shape index (κ1) is 23.8. The largest absolute Gasteiger partial charge is 0.369 e. The number of aromatic nitrogens is 2. The van der Waals surface area contributed by atoms with Crippen molar-refractivity contribution in [1.29, 1.82) is 0 Å². The molecule has 0 radical (unpaired) electrons. The fourth-order valence-electron chi connectivity index (χ4n) is 3.43. The number of carbonyl (C=O) groups excluding carboxylic acids is 3. The number of rotatable bonds is 11. The van der Waals surface area contributed by atoms with Gasteiger partial charge >= 0.3 is 0 Å². The molecular weight excluding hydrogens is 420 g/mol. The molecule has 2 amide bonds. The Labute approximate surface area is 192 Å². The first-order valence-electron chi connectivity index (χ1n) is 10.6. The molecule has 0 aliphatic carbocycles. The molecule has 2 aromatic carbocycles. The van der Waals surface area contributed by atoms with Crippen LogP contribution in [-0.2, 0) is 22.4 Å². The molecule has 2 atom stereocenters. The minimum absolute atomic E-state index is 0.121. The van der Waals surface area contributed by atoms with Crippen LogP contribution in [0.5, 0.6) is 0 Å². The van der Waals surface area contributed by atoms with Crippen molar-refractivity contribution in [3.63, 3.8) is 0 Å². The zero-order valence-electron chi connectivity index (χ0n) is 18.4. The van der Waals surface area contributed by atoms with Crippen molar-refractivity contribution in [2.45, 2.75) is 31.8 Å². The van der Waals surface area contributed by atoms with Crippen LogP contribution in [0.4, 0.5) is 5.69 Å². The number of primary amides is 1. The van der Waals surface area contributed by atoms with E-state index in [2.05, 4.69) is 20.6 Å². The van der Waals surface area contributed by atoms with Crippen molar-refractivity contribution < 1.29 is 14.4 Å². The fourth-order valence-corrected chi connectivity index (χ4v) is 3.43. The minimum atomic E-state index is -0.655. The van der Waals surface area contributed by atoms with Crippen LogP contribution in [-0.4, -0.2) is 46.2 Å². The maximum absolute atomic E-state index is 13.3. The highest BCUT2D eigenvalue weighted by Gasteiger charge is 2.24. The van der Waals surface area contributed by atoms with E-state index in [1.807, 2.05) is 13.0 Å². The van der Waals surface area contributed by atoms with Gasteiger partial charge in [0.2, 0.25) is 11.8 Å². The predicted octanol–water partition coefficient (Wildman–Crippen LogP) is 1.16. The molecule has 9 heteroatoms. The van der Waals surface area contributed by atoms with Crippen LogP contribution in [0.25, 0.3) is 0 Å². The molecule has 0 aliphatic heterocycles. The fraction of sp³-hybridized carbons (Fsp3) is 0.250. The SMILES string of the molecule is CC(N)CNC(Cc1cnc[nH]1)C(=O)Nc1c(CC(N)=O)cccc1C(=O)c1ccccc1. The summed E-state index contributed by atoms with van der Waals surface area (Å²) in [5, 5.41) is 6.02. The molecule has 33 heavy (non-hydrogen) atoms. The molecular formula is C24H28N6O3. The van der Waals surface area contributed by atoms with E-state index in [0.717, 1.165) is 5.69 Å². The van der Waals surface area contributed by atoms with E-state index in [1.165, 1.54) is 6.33 Å². The number of hydrogen-bond donors (Lipinski definition) is 5. The van der Waals surface area contributed by atoms with Gasteiger partial charge in [-0.25, -0.2) is 4.98 Å². The third-order valence-corrected chi connectivity index (χ3v) is 5.03. The Balaban J connectivity index is 1.95. The average Bonchev–Trinajstić information content (AvgIpc) is 3.30. The summed E-state index contributed by atoms with van der Waals surface area (Å²) >= 11 is 0. The quantitative estimate of drug-likeness (QED) is 0.277. The number of aromatic amines is 1. The maximum Gasteiger partial charge on any atom is 0.241 e. The summed E-state index contributed by atoms with van der Waals surface area (Å²) in [6.07, 6.45) is 3.39. The minimum Gasteiger partial charge on any atom is -0.369 e. The van der Waals surface area contributed by atoms with Gasteiger partial charge in [-0.2, -0.15) is 0 Å². The van der Waals surface area contributed by atoms with Gasteiger partial charge in [0.05, 0.1) is 24.5 Å². The highest BCUT2D eigenvalue weighted by Crippen LogP contribution is 2.25. The number of amides is 2. The lowest BCUT2D eigenvalue weighted by atomic mass is 9.96. The lowest BCUT2D eigenvalue weighted by Crippen LogP contribution is -2.46. The summed E-state index contributed by atoms with van der Waals surface area (Å²) in [5.74, 6) is -1.21. The van der Waals surface area contributed by atoms with Crippen LogP contribution < -0.4 is 22.1 Å². The highest BCUT2D eigenvalue weighted by atomic mass is 16.2. The van der Waals surface area contributed by atoms with Crippen molar-refractivity contribution in [2.75, 3.05) is 11.9 Å². The van der Waals surface area contributed by atoms with E-state index < -0.39 is 11.9 Å². The second-order valence-corrected chi connectivity index (χ2v) is 7.89. The Hall–Kier alpha value is -3.82. The molecule has 9 nitrogen and oxygen atoms in total. The summed E-state index contributed by atoms with van der Waals surface area (Å²) in [6.45, 7) is 2.24. The molecule has 0 spiro atoms. The second kappa shape index (κ2) is 11.2. The normalized spacial score (nSPS) is 12.7. The van der Waals surface area contributed by atoms with Gasteiger partial charge in [0, 0.05) is 42.0 Å². The Morgan fingerprint density at radius 1 is 1.09 bits per heavy atom. The van der Waals surface area contributed by atoms with Gasteiger partial charge < -0.3 is 27.1 Å². The molecule has 172 valence electrons. The Kier molecular flexibility index (Phi) is 8.06. The van der Waals surface area contributed by atoms with Gasteiger partial charge in [0.1, 0.15) is 0 Å². The lowest BCUT2D eigenvalue weighted by Gasteiger charge is -2.21. The lowest BCUT2D eigenvalue weighted by molar-refractivity contribution is -0.118. The molecule has 3 aromatic rings. The van der Waals surface area contributed by atoms with Gasteiger partial charge in [0.15, 0.2) is 5.78 Å². The highest BCUT2D eigenvalue weighted by molar-refractivity contribution is 6.14. The molecule has 1 aromatic heterocycles. The summed E-state index contributed by atoms with van der Waals surface area (Å²) in [4.78, 5) is 45.2. The van der Waals surface area contributed by atoms with Crippen LogP contribution in [0.15, 0.2) is 61.1 Å². The van der Waals surface area contributed by atoms with Crippen LogP contribution in [0, 0.1) is 0 Å². The van der Waals surface area contributed by atoms with Gasteiger partial charge in [-0.1, -0.05) is 42.5 Å². The number of imidazole rings is 1. The van der Waals surface area contributed by atoms with Crippen LogP contribution in [0.2, 0.25) is 0 Å². The molecule has 1 heterocycles. The summed E-state index contributed by atoms with van der Waals surface area (Å²) in [7, 11) is 0. The molecule has 0 fully saturated rings. The number of carbonyl (C=O) groups is 3. The van der Waals surface area contributed by atoms with Crippen LogP contribution >= 0.6 is 0 Å². The first-order valence-corrected chi connectivity index (χ1v) is 10.6. The van der Waals surface area contributed by atoms with E-state index >= 15 is 0 Å². The molecule has 0 bridgehead atoms. The van der Waals surface area contributed by atoms with E-state index in [4.69, 9.17) is 11.5 Å². The zero-order valence-corrected chi connectivity index (χ0v) is 18.4.